The van der Waals surface area contributed by atoms with Crippen LogP contribution >= 0.6 is 0 Å². The molecule has 1 saturated carbocycles. The second-order valence-electron chi connectivity index (χ2n) is 9.31. The highest BCUT2D eigenvalue weighted by Gasteiger charge is 2.38. The molecule has 2 saturated heterocycles. The van der Waals surface area contributed by atoms with Gasteiger partial charge in [0.25, 0.3) is 5.91 Å². The number of carbonyl (C=O) groups is 2. The van der Waals surface area contributed by atoms with Crippen LogP contribution in [0.3, 0.4) is 0 Å². The van der Waals surface area contributed by atoms with Crippen LogP contribution in [0.2, 0.25) is 0 Å². The SMILES string of the molecule is O=C(NC[C@@H]1CC[C@H](CC(=O)N2CCCC2)N1CC1CC1)c1ccc2cc[nH]c2c1. The lowest BCUT2D eigenvalue weighted by molar-refractivity contribution is -0.131. The first-order valence-electron chi connectivity index (χ1n) is 11.6. The quantitative estimate of drug-likeness (QED) is 0.740. The molecule has 0 bridgehead atoms. The van der Waals surface area contributed by atoms with Gasteiger partial charge in [0.15, 0.2) is 0 Å². The van der Waals surface area contributed by atoms with Crippen LogP contribution in [0.1, 0.15) is 55.3 Å². The molecule has 2 aliphatic heterocycles. The Morgan fingerprint density at radius 3 is 2.63 bits per heavy atom. The van der Waals surface area contributed by atoms with Crippen LogP contribution in [0.4, 0.5) is 0 Å². The summed E-state index contributed by atoms with van der Waals surface area (Å²) >= 11 is 0. The number of rotatable bonds is 7. The zero-order valence-electron chi connectivity index (χ0n) is 17.6. The molecular formula is C24H32N4O2. The number of benzene rings is 1. The number of fused-ring (bicyclic) bond motifs is 1. The minimum absolute atomic E-state index is 0.0190. The lowest BCUT2D eigenvalue weighted by atomic mass is 10.1. The van der Waals surface area contributed by atoms with E-state index in [1.807, 2.05) is 35.4 Å². The van der Waals surface area contributed by atoms with Gasteiger partial charge in [0.05, 0.1) is 0 Å². The van der Waals surface area contributed by atoms with E-state index in [1.54, 1.807) is 0 Å². The standard InChI is InChI=1S/C24H32N4O2/c29-23(27-11-1-2-12-27)14-20-7-8-21(28(20)16-17-3-4-17)15-26-24(30)19-6-5-18-9-10-25-22(18)13-19/h5-6,9-10,13,17,20-21,25H,1-4,7-8,11-12,14-16H2,(H,26,30)/t20-,21+/m1/s1. The molecule has 3 aliphatic rings. The molecule has 3 fully saturated rings. The lowest BCUT2D eigenvalue weighted by Crippen LogP contribution is -2.45. The number of H-pyrrole nitrogens is 1. The van der Waals surface area contributed by atoms with Crippen molar-refractivity contribution < 1.29 is 9.59 Å². The highest BCUT2D eigenvalue weighted by Crippen LogP contribution is 2.35. The molecule has 160 valence electrons. The number of aromatic nitrogens is 1. The summed E-state index contributed by atoms with van der Waals surface area (Å²) < 4.78 is 0. The zero-order chi connectivity index (χ0) is 20.5. The Morgan fingerprint density at radius 1 is 1.03 bits per heavy atom. The number of likely N-dealkylation sites (tertiary alicyclic amines) is 2. The third-order valence-corrected chi connectivity index (χ3v) is 7.12. The van der Waals surface area contributed by atoms with Crippen molar-refractivity contribution in [2.45, 2.75) is 57.0 Å². The van der Waals surface area contributed by atoms with E-state index in [1.165, 1.54) is 12.8 Å². The molecule has 2 atom stereocenters. The van der Waals surface area contributed by atoms with Crippen LogP contribution in [0, 0.1) is 5.92 Å². The summed E-state index contributed by atoms with van der Waals surface area (Å²) in [5.74, 6) is 1.08. The Balaban J connectivity index is 1.20. The molecule has 1 aromatic carbocycles. The minimum Gasteiger partial charge on any atom is -0.361 e. The number of amides is 2. The van der Waals surface area contributed by atoms with E-state index in [9.17, 15) is 9.59 Å². The minimum atomic E-state index is -0.0190. The molecule has 3 heterocycles. The molecule has 2 aromatic rings. The van der Waals surface area contributed by atoms with Gasteiger partial charge < -0.3 is 15.2 Å². The molecule has 2 amide bonds. The molecule has 0 radical (unpaired) electrons. The fourth-order valence-electron chi connectivity index (χ4n) is 5.15. The van der Waals surface area contributed by atoms with Crippen molar-refractivity contribution in [3.63, 3.8) is 0 Å². The number of hydrogen-bond donors (Lipinski definition) is 2. The summed E-state index contributed by atoms with van der Waals surface area (Å²) in [6.45, 7) is 3.59. The molecule has 0 unspecified atom stereocenters. The van der Waals surface area contributed by atoms with E-state index in [0.29, 0.717) is 36.5 Å². The number of hydrogen-bond acceptors (Lipinski definition) is 3. The first-order valence-corrected chi connectivity index (χ1v) is 11.6. The first kappa shape index (κ1) is 19.6. The Hall–Kier alpha value is -2.34. The van der Waals surface area contributed by atoms with Crippen molar-refractivity contribution in [3.05, 3.63) is 36.0 Å². The van der Waals surface area contributed by atoms with E-state index in [-0.39, 0.29) is 5.91 Å². The molecule has 6 heteroatoms. The second-order valence-corrected chi connectivity index (χ2v) is 9.31. The van der Waals surface area contributed by atoms with Crippen molar-refractivity contribution in [1.82, 2.24) is 20.1 Å². The fourth-order valence-corrected chi connectivity index (χ4v) is 5.15. The van der Waals surface area contributed by atoms with Gasteiger partial charge in [-0.15, -0.1) is 0 Å². The summed E-state index contributed by atoms with van der Waals surface area (Å²) in [5, 5.41) is 4.27. The molecule has 2 N–H and O–H groups in total. The Kier molecular flexibility index (Phi) is 5.50. The predicted octanol–water partition coefficient (Wildman–Crippen LogP) is 3.15. The van der Waals surface area contributed by atoms with Crippen LogP contribution in [0.25, 0.3) is 10.9 Å². The van der Waals surface area contributed by atoms with E-state index in [2.05, 4.69) is 15.2 Å². The molecule has 1 aliphatic carbocycles. The topological polar surface area (TPSA) is 68.4 Å². The Labute approximate surface area is 178 Å². The van der Waals surface area contributed by atoms with Gasteiger partial charge in [-0.2, -0.15) is 0 Å². The predicted molar refractivity (Wildman–Crippen MR) is 117 cm³/mol. The van der Waals surface area contributed by atoms with Gasteiger partial charge >= 0.3 is 0 Å². The largest absolute Gasteiger partial charge is 0.361 e. The highest BCUT2D eigenvalue weighted by molar-refractivity contribution is 5.97. The molecule has 6 nitrogen and oxygen atoms in total. The smallest absolute Gasteiger partial charge is 0.251 e. The summed E-state index contributed by atoms with van der Waals surface area (Å²) in [6.07, 6.45) is 9.54. The average molecular weight is 409 g/mol. The van der Waals surface area contributed by atoms with Crippen molar-refractivity contribution in [2.24, 2.45) is 5.92 Å². The molecule has 0 spiro atoms. The van der Waals surface area contributed by atoms with Gasteiger partial charge in [0.2, 0.25) is 5.91 Å². The molecule has 30 heavy (non-hydrogen) atoms. The number of nitrogens with one attached hydrogen (secondary N) is 2. The van der Waals surface area contributed by atoms with Gasteiger partial charge in [-0.3, -0.25) is 14.5 Å². The molecule has 5 rings (SSSR count). The summed E-state index contributed by atoms with van der Waals surface area (Å²) in [7, 11) is 0. The lowest BCUT2D eigenvalue weighted by Gasteiger charge is -2.31. The maximum Gasteiger partial charge on any atom is 0.251 e. The maximum atomic E-state index is 12.7. The van der Waals surface area contributed by atoms with Gasteiger partial charge in [-0.05, 0) is 68.0 Å². The normalized spacial score (nSPS) is 24.6. The third kappa shape index (κ3) is 4.24. The van der Waals surface area contributed by atoms with E-state index in [4.69, 9.17) is 0 Å². The first-order chi connectivity index (χ1) is 14.7. The van der Waals surface area contributed by atoms with E-state index < -0.39 is 0 Å². The third-order valence-electron chi connectivity index (χ3n) is 7.12. The van der Waals surface area contributed by atoms with Gasteiger partial charge in [0.1, 0.15) is 0 Å². The van der Waals surface area contributed by atoms with Gasteiger partial charge in [0, 0.05) is 62.0 Å². The summed E-state index contributed by atoms with van der Waals surface area (Å²) in [6, 6.07) is 8.46. The van der Waals surface area contributed by atoms with Crippen molar-refractivity contribution >= 4 is 22.7 Å². The number of aromatic amines is 1. The Bertz CT molecular complexity index is 913. The van der Waals surface area contributed by atoms with Gasteiger partial charge in [-0.25, -0.2) is 0 Å². The monoisotopic (exact) mass is 408 g/mol. The second kappa shape index (κ2) is 8.42. The van der Waals surface area contributed by atoms with Gasteiger partial charge in [-0.1, -0.05) is 6.07 Å². The number of carbonyl (C=O) groups excluding carboxylic acids is 2. The van der Waals surface area contributed by atoms with Crippen LogP contribution < -0.4 is 5.32 Å². The van der Waals surface area contributed by atoms with Crippen molar-refractivity contribution in [2.75, 3.05) is 26.2 Å². The van der Waals surface area contributed by atoms with Crippen LogP contribution in [-0.4, -0.2) is 64.9 Å². The maximum absolute atomic E-state index is 12.7. The summed E-state index contributed by atoms with van der Waals surface area (Å²) in [5.41, 5.74) is 1.68. The van der Waals surface area contributed by atoms with Crippen LogP contribution in [0.5, 0.6) is 0 Å². The van der Waals surface area contributed by atoms with Crippen LogP contribution in [0.15, 0.2) is 30.5 Å². The average Bonchev–Trinajstić information content (AvgIpc) is 3.15. The Morgan fingerprint density at radius 2 is 1.83 bits per heavy atom. The molecule has 1 aromatic heterocycles. The number of nitrogens with zero attached hydrogens (tertiary/aromatic N) is 2. The van der Waals surface area contributed by atoms with E-state index >= 15 is 0 Å². The zero-order valence-corrected chi connectivity index (χ0v) is 17.6. The van der Waals surface area contributed by atoms with E-state index in [0.717, 1.165) is 62.1 Å². The highest BCUT2D eigenvalue weighted by atomic mass is 16.2. The molecular weight excluding hydrogens is 376 g/mol. The summed E-state index contributed by atoms with van der Waals surface area (Å²) in [4.78, 5) is 33.2. The fraction of sp³-hybridized carbons (Fsp3) is 0.583. The van der Waals surface area contributed by atoms with Crippen molar-refractivity contribution in [1.29, 1.82) is 0 Å². The van der Waals surface area contributed by atoms with Crippen LogP contribution in [-0.2, 0) is 4.79 Å². The van der Waals surface area contributed by atoms with Crippen molar-refractivity contribution in [3.8, 4) is 0 Å².